The fourth-order valence-corrected chi connectivity index (χ4v) is 4.33. The number of sulfone groups is 1. The van der Waals surface area contributed by atoms with E-state index in [1.165, 1.54) is 12.1 Å². The maximum atomic E-state index is 13.3. The standard InChI is InChI=1S/C23H19ClN2O4S/c1-2-29-19-14-12-18(13-15-19)25-22-23(31(27,28)20-6-4-3-5-7-20)26-21(30-22)16-8-10-17(24)11-9-16/h3-15,25H,2H2,1H3. The van der Waals surface area contributed by atoms with Gasteiger partial charge in [-0.3, -0.25) is 0 Å². The minimum Gasteiger partial charge on any atom is -0.494 e. The van der Waals surface area contributed by atoms with Crippen LogP contribution in [0, 0.1) is 0 Å². The Morgan fingerprint density at radius 1 is 0.968 bits per heavy atom. The van der Waals surface area contributed by atoms with E-state index in [9.17, 15) is 8.42 Å². The van der Waals surface area contributed by atoms with Crippen molar-refractivity contribution in [1.29, 1.82) is 0 Å². The van der Waals surface area contributed by atoms with Gasteiger partial charge >= 0.3 is 0 Å². The van der Waals surface area contributed by atoms with Gasteiger partial charge in [0.05, 0.1) is 11.5 Å². The van der Waals surface area contributed by atoms with Gasteiger partial charge in [-0.2, -0.15) is 4.98 Å². The number of halogens is 1. The molecule has 158 valence electrons. The van der Waals surface area contributed by atoms with Crippen molar-refractivity contribution in [2.75, 3.05) is 11.9 Å². The summed E-state index contributed by atoms with van der Waals surface area (Å²) in [4.78, 5) is 4.44. The lowest BCUT2D eigenvalue weighted by Gasteiger charge is -2.07. The molecule has 4 aromatic rings. The third-order valence-corrected chi connectivity index (χ3v) is 6.35. The molecule has 0 bridgehead atoms. The van der Waals surface area contributed by atoms with Crippen LogP contribution in [0.4, 0.5) is 11.6 Å². The van der Waals surface area contributed by atoms with Gasteiger partial charge in [-0.1, -0.05) is 29.8 Å². The van der Waals surface area contributed by atoms with Crippen molar-refractivity contribution < 1.29 is 17.6 Å². The minimum absolute atomic E-state index is 0.0259. The Hall–Kier alpha value is -3.29. The smallest absolute Gasteiger partial charge is 0.238 e. The highest BCUT2D eigenvalue weighted by atomic mass is 35.5. The van der Waals surface area contributed by atoms with E-state index >= 15 is 0 Å². The van der Waals surface area contributed by atoms with Crippen molar-refractivity contribution in [3.63, 3.8) is 0 Å². The number of nitrogens with one attached hydrogen (secondary N) is 1. The van der Waals surface area contributed by atoms with Crippen LogP contribution in [-0.4, -0.2) is 20.0 Å². The van der Waals surface area contributed by atoms with Crippen molar-refractivity contribution in [2.45, 2.75) is 16.8 Å². The number of hydrogen-bond acceptors (Lipinski definition) is 6. The summed E-state index contributed by atoms with van der Waals surface area (Å²) >= 11 is 5.96. The molecule has 8 heteroatoms. The van der Waals surface area contributed by atoms with E-state index in [4.69, 9.17) is 20.8 Å². The van der Waals surface area contributed by atoms with Gasteiger partial charge < -0.3 is 14.5 Å². The number of oxazole rings is 1. The number of aromatic nitrogens is 1. The van der Waals surface area contributed by atoms with Gasteiger partial charge in [-0.25, -0.2) is 8.42 Å². The highest BCUT2D eigenvalue weighted by molar-refractivity contribution is 7.91. The number of nitrogens with zero attached hydrogens (tertiary/aromatic N) is 1. The summed E-state index contributed by atoms with van der Waals surface area (Å²) < 4.78 is 37.9. The molecule has 0 aliphatic heterocycles. The molecule has 0 saturated heterocycles. The van der Waals surface area contributed by atoms with Crippen molar-refractivity contribution in [1.82, 2.24) is 4.98 Å². The number of benzene rings is 3. The van der Waals surface area contributed by atoms with Crippen molar-refractivity contribution >= 4 is 33.0 Å². The third-order valence-electron chi connectivity index (χ3n) is 4.42. The molecule has 4 rings (SSSR count). The molecule has 0 fully saturated rings. The maximum Gasteiger partial charge on any atom is 0.238 e. The SMILES string of the molecule is CCOc1ccc(Nc2oc(-c3ccc(Cl)cc3)nc2S(=O)(=O)c2ccccc2)cc1. The predicted octanol–water partition coefficient (Wildman–Crippen LogP) is 5.97. The first-order valence-electron chi connectivity index (χ1n) is 9.54. The molecule has 0 radical (unpaired) electrons. The predicted molar refractivity (Wildman–Crippen MR) is 120 cm³/mol. The van der Waals surface area contributed by atoms with E-state index < -0.39 is 9.84 Å². The Kier molecular flexibility index (Phi) is 5.97. The Labute approximate surface area is 185 Å². The van der Waals surface area contributed by atoms with Gasteiger partial charge in [0.1, 0.15) is 5.75 Å². The average Bonchev–Trinajstić information content (AvgIpc) is 3.21. The summed E-state index contributed by atoms with van der Waals surface area (Å²) in [5, 5.41) is 3.39. The summed E-state index contributed by atoms with van der Waals surface area (Å²) in [7, 11) is -3.92. The fraction of sp³-hybridized carbons (Fsp3) is 0.0870. The van der Waals surface area contributed by atoms with Gasteiger partial charge in [-0.05, 0) is 67.6 Å². The Morgan fingerprint density at radius 2 is 1.65 bits per heavy atom. The van der Waals surface area contributed by atoms with Gasteiger partial charge in [-0.15, -0.1) is 0 Å². The molecule has 6 nitrogen and oxygen atoms in total. The van der Waals surface area contributed by atoms with Gasteiger partial charge in [0.15, 0.2) is 0 Å². The van der Waals surface area contributed by atoms with Crippen LogP contribution in [0.2, 0.25) is 5.02 Å². The van der Waals surface area contributed by atoms with Crippen molar-refractivity contribution in [3.8, 4) is 17.2 Å². The number of ether oxygens (including phenoxy) is 1. The first kappa shape index (κ1) is 21.0. The molecule has 0 saturated carbocycles. The largest absolute Gasteiger partial charge is 0.494 e. The first-order valence-corrected chi connectivity index (χ1v) is 11.4. The molecule has 0 unspecified atom stereocenters. The van der Waals surface area contributed by atoms with Crippen molar-refractivity contribution in [3.05, 3.63) is 83.9 Å². The molecular formula is C23H19ClN2O4S. The van der Waals surface area contributed by atoms with Gasteiger partial charge in [0.25, 0.3) is 0 Å². The van der Waals surface area contributed by atoms with Crippen molar-refractivity contribution in [2.24, 2.45) is 0 Å². The summed E-state index contributed by atoms with van der Waals surface area (Å²) in [6, 6.07) is 22.0. The quantitative estimate of drug-likeness (QED) is 0.370. The second kappa shape index (κ2) is 8.83. The fourth-order valence-electron chi connectivity index (χ4n) is 2.93. The maximum absolute atomic E-state index is 13.3. The topological polar surface area (TPSA) is 81.4 Å². The molecule has 1 N–H and O–H groups in total. The van der Waals surface area contributed by atoms with Crippen LogP contribution in [0.5, 0.6) is 5.75 Å². The van der Waals surface area contributed by atoms with Crippen LogP contribution in [0.1, 0.15) is 6.92 Å². The number of hydrogen-bond donors (Lipinski definition) is 1. The van der Waals surface area contributed by atoms with E-state index in [0.29, 0.717) is 28.6 Å². The highest BCUT2D eigenvalue weighted by Crippen LogP contribution is 2.34. The molecule has 0 aliphatic rings. The Balaban J connectivity index is 1.77. The number of anilines is 2. The van der Waals surface area contributed by atoms with Crippen LogP contribution in [-0.2, 0) is 9.84 Å². The van der Waals surface area contributed by atoms with E-state index in [0.717, 1.165) is 0 Å². The molecular weight excluding hydrogens is 436 g/mol. The average molecular weight is 455 g/mol. The second-order valence-corrected chi connectivity index (χ2v) is 8.86. The normalized spacial score (nSPS) is 11.3. The van der Waals surface area contributed by atoms with E-state index in [-0.39, 0.29) is 21.7 Å². The van der Waals surface area contributed by atoms with Gasteiger partial charge in [0, 0.05) is 16.3 Å². The zero-order valence-corrected chi connectivity index (χ0v) is 18.2. The molecule has 1 heterocycles. The van der Waals surface area contributed by atoms with Crippen LogP contribution in [0.25, 0.3) is 11.5 Å². The first-order chi connectivity index (χ1) is 15.0. The molecule has 3 aromatic carbocycles. The lowest BCUT2D eigenvalue weighted by atomic mass is 10.2. The zero-order chi connectivity index (χ0) is 21.8. The summed E-state index contributed by atoms with van der Waals surface area (Å²) in [5.74, 6) is 0.905. The molecule has 1 aromatic heterocycles. The lowest BCUT2D eigenvalue weighted by molar-refractivity contribution is 0.340. The Bertz CT molecular complexity index is 1270. The van der Waals surface area contributed by atoms with Crippen LogP contribution >= 0.6 is 11.6 Å². The third kappa shape index (κ3) is 4.57. The second-order valence-electron chi connectivity index (χ2n) is 6.56. The summed E-state index contributed by atoms with van der Waals surface area (Å²) in [5.41, 5.74) is 1.24. The lowest BCUT2D eigenvalue weighted by Crippen LogP contribution is -2.05. The van der Waals surface area contributed by atoms with E-state index in [1.54, 1.807) is 66.7 Å². The molecule has 0 spiro atoms. The summed E-state index contributed by atoms with van der Waals surface area (Å²) in [6.07, 6.45) is 0. The molecule has 31 heavy (non-hydrogen) atoms. The minimum atomic E-state index is -3.92. The molecule has 0 amide bonds. The molecule has 0 aliphatic carbocycles. The van der Waals surface area contributed by atoms with E-state index in [1.807, 2.05) is 6.92 Å². The molecule has 0 atom stereocenters. The zero-order valence-electron chi connectivity index (χ0n) is 16.6. The number of rotatable bonds is 7. The van der Waals surface area contributed by atoms with E-state index in [2.05, 4.69) is 10.3 Å². The van der Waals surface area contributed by atoms with Crippen LogP contribution in [0.3, 0.4) is 0 Å². The van der Waals surface area contributed by atoms with Crippen LogP contribution < -0.4 is 10.1 Å². The monoisotopic (exact) mass is 454 g/mol. The highest BCUT2D eigenvalue weighted by Gasteiger charge is 2.28. The van der Waals surface area contributed by atoms with Gasteiger partial charge in [0.2, 0.25) is 26.6 Å². The summed E-state index contributed by atoms with van der Waals surface area (Å²) in [6.45, 7) is 2.46. The van der Waals surface area contributed by atoms with Crippen LogP contribution in [0.15, 0.2) is 93.2 Å². The Morgan fingerprint density at radius 3 is 2.29 bits per heavy atom.